The Kier molecular flexibility index (Phi) is 6.19. The molecule has 1 N–H and O–H groups in total. The molecule has 5 nitrogen and oxygen atoms in total. The molecule has 5 aromatic rings. The van der Waals surface area contributed by atoms with Crippen LogP contribution in [-0.2, 0) is 6.54 Å². The molecule has 0 unspecified atom stereocenters. The van der Waals surface area contributed by atoms with Crippen LogP contribution in [0.2, 0.25) is 0 Å². The summed E-state index contributed by atoms with van der Waals surface area (Å²) in [5, 5.41) is 21.5. The molecule has 0 radical (unpaired) electrons. The molecule has 0 aliphatic rings. The highest BCUT2D eigenvalue weighted by Gasteiger charge is 2.18. The molecular weight excluding hydrogens is 428 g/mol. The van der Waals surface area contributed by atoms with E-state index in [0.29, 0.717) is 5.75 Å². The maximum Gasteiger partial charge on any atom is 0.191 e. The van der Waals surface area contributed by atoms with Crippen molar-refractivity contribution >= 4 is 22.7 Å². The van der Waals surface area contributed by atoms with E-state index < -0.39 is 6.10 Å². The molecule has 0 bridgehead atoms. The maximum absolute atomic E-state index is 10.6. The Bertz CT molecular complexity index is 1370. The Morgan fingerprint density at radius 3 is 2.33 bits per heavy atom. The molecule has 5 rings (SSSR count). The maximum atomic E-state index is 10.6. The van der Waals surface area contributed by atoms with Gasteiger partial charge in [-0.05, 0) is 24.6 Å². The van der Waals surface area contributed by atoms with Gasteiger partial charge in [-0.25, -0.2) is 4.98 Å². The predicted molar refractivity (Wildman–Crippen MR) is 134 cm³/mol. The zero-order chi connectivity index (χ0) is 22.6. The number of hydrogen-bond donors (Lipinski definition) is 1. The van der Waals surface area contributed by atoms with Gasteiger partial charge in [0.1, 0.15) is 0 Å². The third kappa shape index (κ3) is 4.40. The normalized spacial score (nSPS) is 12.2. The van der Waals surface area contributed by atoms with Crippen molar-refractivity contribution in [1.82, 2.24) is 19.7 Å². The fourth-order valence-electron chi connectivity index (χ4n) is 3.92. The number of nitrogens with zero attached hydrogens (tertiary/aromatic N) is 4. The van der Waals surface area contributed by atoms with E-state index in [2.05, 4.69) is 46.0 Å². The minimum Gasteiger partial charge on any atom is -0.388 e. The summed E-state index contributed by atoms with van der Waals surface area (Å²) in [6.45, 7) is 2.81. The van der Waals surface area contributed by atoms with Crippen LogP contribution in [0.25, 0.3) is 33.5 Å². The van der Waals surface area contributed by atoms with Crippen LogP contribution in [0.3, 0.4) is 0 Å². The summed E-state index contributed by atoms with van der Waals surface area (Å²) in [5.74, 6) is 1.32. The molecular formula is C27H24N4OS. The predicted octanol–water partition coefficient (Wildman–Crippen LogP) is 6.01. The molecule has 3 aromatic carbocycles. The molecule has 164 valence electrons. The number of aromatic nitrogens is 4. The zero-order valence-corrected chi connectivity index (χ0v) is 19.1. The molecule has 6 heteroatoms. The summed E-state index contributed by atoms with van der Waals surface area (Å²) in [6.07, 6.45) is -0.562. The first-order valence-electron chi connectivity index (χ1n) is 11.0. The average molecular weight is 453 g/mol. The van der Waals surface area contributed by atoms with E-state index in [1.54, 1.807) is 0 Å². The standard InChI is InChI=1S/C27H24N4OS/c1-2-31-26(29-30-27(31)33-18-25(32)20-13-7-4-8-14-20)22-17-24(19-11-5-3-6-12-19)28-23-16-10-9-15-21(22)23/h3-17,25,32H,2,18H2,1H3/t25-/m0/s1. The number of thioether (sulfide) groups is 1. The van der Waals surface area contributed by atoms with Crippen LogP contribution in [0.1, 0.15) is 18.6 Å². The van der Waals surface area contributed by atoms with Crippen molar-refractivity contribution in [2.75, 3.05) is 5.75 Å². The molecule has 33 heavy (non-hydrogen) atoms. The van der Waals surface area contributed by atoms with Gasteiger partial charge in [-0.3, -0.25) is 0 Å². The Balaban J connectivity index is 1.53. The van der Waals surface area contributed by atoms with Crippen molar-refractivity contribution in [2.45, 2.75) is 24.7 Å². The number of pyridine rings is 1. The lowest BCUT2D eigenvalue weighted by Crippen LogP contribution is -2.04. The fourth-order valence-corrected chi connectivity index (χ4v) is 4.89. The van der Waals surface area contributed by atoms with Crippen LogP contribution in [0.5, 0.6) is 0 Å². The van der Waals surface area contributed by atoms with E-state index in [1.165, 1.54) is 11.8 Å². The Hall–Kier alpha value is -3.48. The molecule has 0 aliphatic carbocycles. The summed E-state index contributed by atoms with van der Waals surface area (Å²) >= 11 is 1.52. The van der Waals surface area contributed by atoms with Crippen LogP contribution >= 0.6 is 11.8 Å². The lowest BCUT2D eigenvalue weighted by atomic mass is 10.0. The van der Waals surface area contributed by atoms with Gasteiger partial charge < -0.3 is 9.67 Å². The van der Waals surface area contributed by atoms with Gasteiger partial charge >= 0.3 is 0 Å². The Labute approximate surface area is 197 Å². The van der Waals surface area contributed by atoms with Crippen molar-refractivity contribution in [3.63, 3.8) is 0 Å². The van der Waals surface area contributed by atoms with Crippen LogP contribution in [0.4, 0.5) is 0 Å². The Morgan fingerprint density at radius 1 is 0.879 bits per heavy atom. The third-order valence-electron chi connectivity index (χ3n) is 5.61. The van der Waals surface area contributed by atoms with Gasteiger partial charge in [-0.1, -0.05) is 90.6 Å². The van der Waals surface area contributed by atoms with Gasteiger partial charge in [0, 0.05) is 28.8 Å². The second kappa shape index (κ2) is 9.57. The van der Waals surface area contributed by atoms with Crippen LogP contribution in [-0.4, -0.2) is 30.6 Å². The molecule has 2 heterocycles. The van der Waals surface area contributed by atoms with Gasteiger partial charge in [-0.2, -0.15) is 0 Å². The van der Waals surface area contributed by atoms with Crippen molar-refractivity contribution in [3.05, 3.63) is 96.6 Å². The third-order valence-corrected chi connectivity index (χ3v) is 6.66. The van der Waals surface area contributed by atoms with Crippen molar-refractivity contribution in [1.29, 1.82) is 0 Å². The van der Waals surface area contributed by atoms with E-state index >= 15 is 0 Å². The molecule has 0 fully saturated rings. The van der Waals surface area contributed by atoms with Crippen LogP contribution < -0.4 is 0 Å². The van der Waals surface area contributed by atoms with Crippen molar-refractivity contribution < 1.29 is 5.11 Å². The first kappa shape index (κ1) is 21.4. The van der Waals surface area contributed by atoms with Crippen molar-refractivity contribution in [2.24, 2.45) is 0 Å². The summed E-state index contributed by atoms with van der Waals surface area (Å²) in [5.41, 5.74) is 4.80. The van der Waals surface area contributed by atoms with Gasteiger partial charge in [0.15, 0.2) is 11.0 Å². The minimum absolute atomic E-state index is 0.508. The summed E-state index contributed by atoms with van der Waals surface area (Å²) in [7, 11) is 0. The molecule has 0 saturated heterocycles. The van der Waals surface area contributed by atoms with Gasteiger partial charge in [0.05, 0.1) is 17.3 Å². The van der Waals surface area contributed by atoms with E-state index in [9.17, 15) is 5.11 Å². The number of hydrogen-bond acceptors (Lipinski definition) is 5. The van der Waals surface area contributed by atoms with E-state index in [1.807, 2.05) is 66.7 Å². The summed E-state index contributed by atoms with van der Waals surface area (Å²) < 4.78 is 2.11. The zero-order valence-electron chi connectivity index (χ0n) is 18.3. The quantitative estimate of drug-likeness (QED) is 0.307. The number of aliphatic hydroxyl groups excluding tert-OH is 1. The lowest BCUT2D eigenvalue weighted by molar-refractivity contribution is 0.204. The summed E-state index contributed by atoms with van der Waals surface area (Å²) in [6, 6.07) is 30.1. The minimum atomic E-state index is -0.562. The van der Waals surface area contributed by atoms with E-state index in [-0.39, 0.29) is 0 Å². The molecule has 1 atom stereocenters. The van der Waals surface area contributed by atoms with Crippen LogP contribution in [0, 0.1) is 0 Å². The molecule has 0 amide bonds. The number of para-hydroxylation sites is 1. The van der Waals surface area contributed by atoms with Gasteiger partial charge in [0.2, 0.25) is 0 Å². The first-order chi connectivity index (χ1) is 16.2. The number of fused-ring (bicyclic) bond motifs is 1. The monoisotopic (exact) mass is 452 g/mol. The van der Waals surface area contributed by atoms with Gasteiger partial charge in [-0.15, -0.1) is 10.2 Å². The van der Waals surface area contributed by atoms with Crippen LogP contribution in [0.15, 0.2) is 96.2 Å². The van der Waals surface area contributed by atoms with E-state index in [0.717, 1.165) is 50.8 Å². The number of benzene rings is 3. The second-order valence-electron chi connectivity index (χ2n) is 7.73. The largest absolute Gasteiger partial charge is 0.388 e. The van der Waals surface area contributed by atoms with Gasteiger partial charge in [0.25, 0.3) is 0 Å². The molecule has 0 spiro atoms. The fraction of sp³-hybridized carbons (Fsp3) is 0.148. The molecule has 0 aliphatic heterocycles. The summed E-state index contributed by atoms with van der Waals surface area (Å²) in [4.78, 5) is 4.89. The lowest BCUT2D eigenvalue weighted by Gasteiger charge is -2.13. The first-order valence-corrected chi connectivity index (χ1v) is 12.0. The highest BCUT2D eigenvalue weighted by Crippen LogP contribution is 2.33. The average Bonchev–Trinajstić information content (AvgIpc) is 3.30. The van der Waals surface area contributed by atoms with Crippen molar-refractivity contribution in [3.8, 4) is 22.6 Å². The topological polar surface area (TPSA) is 63.8 Å². The number of rotatable bonds is 7. The molecule has 2 aromatic heterocycles. The Morgan fingerprint density at radius 2 is 1.58 bits per heavy atom. The second-order valence-corrected chi connectivity index (χ2v) is 8.71. The number of aliphatic hydroxyl groups is 1. The molecule has 0 saturated carbocycles. The SMILES string of the molecule is CCn1c(SC[C@H](O)c2ccccc2)nnc1-c1cc(-c2ccccc2)nc2ccccc12. The van der Waals surface area contributed by atoms with E-state index in [4.69, 9.17) is 4.98 Å². The smallest absolute Gasteiger partial charge is 0.191 e. The highest BCUT2D eigenvalue weighted by molar-refractivity contribution is 7.99. The highest BCUT2D eigenvalue weighted by atomic mass is 32.2.